The first-order valence-corrected chi connectivity index (χ1v) is 32.5. The van der Waals surface area contributed by atoms with Gasteiger partial charge in [0.25, 0.3) is 0 Å². The van der Waals surface area contributed by atoms with Gasteiger partial charge in [-0.3, -0.25) is 14.4 Å². The maximum absolute atomic E-state index is 12.9. The van der Waals surface area contributed by atoms with Gasteiger partial charge in [0.1, 0.15) is 13.2 Å². The number of ether oxygens (including phenoxy) is 3. The lowest BCUT2D eigenvalue weighted by Crippen LogP contribution is -2.30. The first kappa shape index (κ1) is 75.0. The Balaban J connectivity index is 4.25. The van der Waals surface area contributed by atoms with Gasteiger partial charge in [-0.05, 0) is 148 Å². The summed E-state index contributed by atoms with van der Waals surface area (Å²) in [6, 6.07) is 0. The first-order valence-electron chi connectivity index (χ1n) is 32.5. The highest BCUT2D eigenvalue weighted by atomic mass is 16.6. The fraction of sp³-hybridized carbons (Fsp3) is 0.608. The Kier molecular flexibility index (Phi) is 62.4. The molecule has 0 amide bonds. The lowest BCUT2D eigenvalue weighted by atomic mass is 10.1. The van der Waals surface area contributed by atoms with Crippen molar-refractivity contribution in [3.8, 4) is 0 Å². The van der Waals surface area contributed by atoms with Crippen molar-refractivity contribution < 1.29 is 28.6 Å². The summed E-state index contributed by atoms with van der Waals surface area (Å²) in [5.74, 6) is -0.963. The van der Waals surface area contributed by atoms with Crippen molar-refractivity contribution in [2.24, 2.45) is 0 Å². The molecule has 0 aromatic rings. The Morgan fingerprint density at radius 3 is 0.800 bits per heavy atom. The van der Waals surface area contributed by atoms with Crippen molar-refractivity contribution in [2.75, 3.05) is 13.2 Å². The van der Waals surface area contributed by atoms with E-state index in [0.717, 1.165) is 148 Å². The van der Waals surface area contributed by atoms with Crippen LogP contribution < -0.4 is 0 Å². The average molecular weight is 1100 g/mol. The molecule has 80 heavy (non-hydrogen) atoms. The van der Waals surface area contributed by atoms with Gasteiger partial charge in [0.2, 0.25) is 0 Å². The highest BCUT2D eigenvalue weighted by Crippen LogP contribution is 2.15. The van der Waals surface area contributed by atoms with Crippen molar-refractivity contribution in [1.29, 1.82) is 0 Å². The standard InChI is InChI=1S/C74H118O6/c1-4-7-10-13-16-19-22-25-27-28-29-30-31-32-33-34-35-36-37-38-39-40-41-42-43-44-45-46-48-49-52-55-58-61-64-67-73(76)79-70-71(69-78-72(75)66-63-60-57-54-51-24-21-18-15-12-9-6-3)80-74(77)68-65-62-59-56-53-50-47-26-23-20-17-14-11-8-5-2/h7-8,10-11,16-21,25-27,29-30,32-33,35-36,38-39,41-42,47,53,56,71H,4-6,9,12-15,22-24,28,31,34,37,40,43-46,48-52,54-55,57-70H2,1-3H3/b10-7-,11-8-,19-16-,20-17-,21-18-,27-25-,30-29-,33-32-,36-35-,39-38-,42-41-,47-26-,56-53-. The van der Waals surface area contributed by atoms with Crippen LogP contribution in [0.5, 0.6) is 0 Å². The zero-order valence-electron chi connectivity index (χ0n) is 51.5. The Labute approximate surface area is 492 Å². The minimum Gasteiger partial charge on any atom is -0.462 e. The largest absolute Gasteiger partial charge is 0.462 e. The molecule has 0 aliphatic carbocycles. The van der Waals surface area contributed by atoms with E-state index in [1.807, 2.05) is 0 Å². The van der Waals surface area contributed by atoms with E-state index in [1.54, 1.807) is 0 Å². The van der Waals surface area contributed by atoms with E-state index >= 15 is 0 Å². The van der Waals surface area contributed by atoms with Crippen molar-refractivity contribution in [3.63, 3.8) is 0 Å². The quantitative estimate of drug-likeness (QED) is 0.0261. The maximum Gasteiger partial charge on any atom is 0.306 e. The summed E-state index contributed by atoms with van der Waals surface area (Å²) in [6.45, 7) is 6.33. The molecule has 0 heterocycles. The van der Waals surface area contributed by atoms with E-state index in [9.17, 15) is 14.4 Å². The summed E-state index contributed by atoms with van der Waals surface area (Å²) < 4.78 is 16.8. The number of unbranched alkanes of at least 4 members (excludes halogenated alkanes) is 20. The molecular weight excluding hydrogens is 985 g/mol. The van der Waals surface area contributed by atoms with Crippen molar-refractivity contribution in [1.82, 2.24) is 0 Å². The van der Waals surface area contributed by atoms with Crippen LogP contribution in [-0.4, -0.2) is 37.2 Å². The molecular formula is C74H118O6. The Bertz CT molecular complexity index is 1790. The van der Waals surface area contributed by atoms with E-state index in [0.29, 0.717) is 19.3 Å². The van der Waals surface area contributed by atoms with Crippen LogP contribution in [0.3, 0.4) is 0 Å². The molecule has 0 spiro atoms. The molecule has 0 aliphatic heterocycles. The molecule has 450 valence electrons. The Morgan fingerprint density at radius 2 is 0.487 bits per heavy atom. The molecule has 0 aliphatic rings. The maximum atomic E-state index is 12.9. The molecule has 6 nitrogen and oxygen atoms in total. The van der Waals surface area contributed by atoms with Gasteiger partial charge in [0.15, 0.2) is 6.10 Å². The second-order valence-corrected chi connectivity index (χ2v) is 20.9. The predicted octanol–water partition coefficient (Wildman–Crippen LogP) is 22.5. The SMILES string of the molecule is CC/C=C\C/C=C\C/C=C\C/C=C\C/C=C\C/C=C\C/C=C\C/C=C\CCCCCCCCCCCCC(=O)OCC(COC(=O)CCCCCCC/C=C\CCCCC)OC(=O)CCCC/C=C\C/C=C\C/C=C\C/C=C\CC. The van der Waals surface area contributed by atoms with Crippen LogP contribution in [0.25, 0.3) is 0 Å². The zero-order chi connectivity index (χ0) is 57.8. The van der Waals surface area contributed by atoms with Crippen molar-refractivity contribution >= 4 is 17.9 Å². The van der Waals surface area contributed by atoms with Crippen molar-refractivity contribution in [2.45, 2.75) is 277 Å². The molecule has 0 N–H and O–H groups in total. The van der Waals surface area contributed by atoms with E-state index in [1.165, 1.54) is 77.0 Å². The van der Waals surface area contributed by atoms with Gasteiger partial charge in [-0.15, -0.1) is 0 Å². The molecule has 0 radical (unpaired) electrons. The topological polar surface area (TPSA) is 78.9 Å². The van der Waals surface area contributed by atoms with Crippen molar-refractivity contribution in [3.05, 3.63) is 158 Å². The lowest BCUT2D eigenvalue weighted by molar-refractivity contribution is -0.167. The zero-order valence-corrected chi connectivity index (χ0v) is 51.5. The van der Waals surface area contributed by atoms with E-state index < -0.39 is 6.10 Å². The van der Waals surface area contributed by atoms with E-state index in [-0.39, 0.29) is 37.5 Å². The fourth-order valence-electron chi connectivity index (χ4n) is 8.44. The number of carbonyl (C=O) groups is 3. The van der Waals surface area contributed by atoms with Crippen LogP contribution in [-0.2, 0) is 28.6 Å². The van der Waals surface area contributed by atoms with E-state index in [4.69, 9.17) is 14.2 Å². The summed E-state index contributed by atoms with van der Waals surface area (Å²) in [5.41, 5.74) is 0. The molecule has 0 aromatic carbocycles. The third-order valence-electron chi connectivity index (χ3n) is 13.2. The van der Waals surface area contributed by atoms with E-state index in [2.05, 4.69) is 179 Å². The molecule has 0 fully saturated rings. The van der Waals surface area contributed by atoms with Gasteiger partial charge in [0, 0.05) is 19.3 Å². The molecule has 1 unspecified atom stereocenters. The summed E-state index contributed by atoms with van der Waals surface area (Å²) in [4.78, 5) is 38.2. The van der Waals surface area contributed by atoms with Gasteiger partial charge >= 0.3 is 17.9 Å². The average Bonchev–Trinajstić information content (AvgIpc) is 3.46. The summed E-state index contributed by atoms with van der Waals surface area (Å²) in [5, 5.41) is 0. The number of allylic oxidation sites excluding steroid dienone is 26. The van der Waals surface area contributed by atoms with Gasteiger partial charge in [0.05, 0.1) is 0 Å². The van der Waals surface area contributed by atoms with Gasteiger partial charge in [-0.2, -0.15) is 0 Å². The summed E-state index contributed by atoms with van der Waals surface area (Å²) in [6.07, 6.45) is 96.9. The van der Waals surface area contributed by atoms with Gasteiger partial charge in [-0.25, -0.2) is 0 Å². The minimum atomic E-state index is -0.811. The van der Waals surface area contributed by atoms with Gasteiger partial charge < -0.3 is 14.2 Å². The molecule has 0 saturated carbocycles. The molecule has 6 heteroatoms. The third-order valence-corrected chi connectivity index (χ3v) is 13.2. The predicted molar refractivity (Wildman–Crippen MR) is 348 cm³/mol. The molecule has 0 rings (SSSR count). The number of hydrogen-bond donors (Lipinski definition) is 0. The fourth-order valence-corrected chi connectivity index (χ4v) is 8.44. The first-order chi connectivity index (χ1) is 39.5. The van der Waals surface area contributed by atoms with Crippen LogP contribution in [0.1, 0.15) is 271 Å². The second kappa shape index (κ2) is 66.5. The second-order valence-electron chi connectivity index (χ2n) is 20.9. The summed E-state index contributed by atoms with van der Waals surface area (Å²) >= 11 is 0. The number of hydrogen-bond acceptors (Lipinski definition) is 6. The number of rotatable bonds is 57. The summed E-state index contributed by atoms with van der Waals surface area (Å²) in [7, 11) is 0. The number of carbonyl (C=O) groups excluding carboxylic acids is 3. The Morgan fingerprint density at radius 1 is 0.263 bits per heavy atom. The smallest absolute Gasteiger partial charge is 0.306 e. The highest BCUT2D eigenvalue weighted by Gasteiger charge is 2.19. The monoisotopic (exact) mass is 1100 g/mol. The van der Waals surface area contributed by atoms with Crippen LogP contribution in [0, 0.1) is 0 Å². The van der Waals surface area contributed by atoms with Crippen LogP contribution in [0.15, 0.2) is 158 Å². The minimum absolute atomic E-state index is 0.104. The normalized spacial score (nSPS) is 13.2. The van der Waals surface area contributed by atoms with Gasteiger partial charge in [-0.1, -0.05) is 262 Å². The molecule has 0 bridgehead atoms. The lowest BCUT2D eigenvalue weighted by Gasteiger charge is -2.18. The van der Waals surface area contributed by atoms with Crippen LogP contribution >= 0.6 is 0 Å². The molecule has 0 aromatic heterocycles. The third kappa shape index (κ3) is 63.9. The highest BCUT2D eigenvalue weighted by molar-refractivity contribution is 5.71. The molecule has 1 atom stereocenters. The molecule has 0 saturated heterocycles. The van der Waals surface area contributed by atoms with Crippen LogP contribution in [0.2, 0.25) is 0 Å². The van der Waals surface area contributed by atoms with Crippen LogP contribution in [0.4, 0.5) is 0 Å². The number of esters is 3. The Hall–Kier alpha value is -4.97.